The molecule has 0 aliphatic rings. The molecule has 0 aliphatic heterocycles. The molecule has 1 aromatic heterocycles. The van der Waals surface area contributed by atoms with Crippen LogP contribution < -0.4 is 10.6 Å². The molecule has 0 unspecified atom stereocenters. The summed E-state index contributed by atoms with van der Waals surface area (Å²) in [5.74, 6) is 0.105. The van der Waals surface area contributed by atoms with Crippen molar-refractivity contribution in [3.63, 3.8) is 0 Å². The number of nitrogens with one attached hydrogen (secondary N) is 2. The van der Waals surface area contributed by atoms with E-state index < -0.39 is 5.91 Å². The lowest BCUT2D eigenvalue weighted by atomic mass is 10.1. The quantitative estimate of drug-likeness (QED) is 0.288. The van der Waals surface area contributed by atoms with Crippen LogP contribution in [0.1, 0.15) is 21.7 Å². The van der Waals surface area contributed by atoms with Crippen LogP contribution >= 0.6 is 58.0 Å². The molecule has 0 bridgehead atoms. The number of anilines is 1. The lowest BCUT2D eigenvalue weighted by molar-refractivity contribution is 0.0951. The van der Waals surface area contributed by atoms with Crippen molar-refractivity contribution < 1.29 is 9.21 Å². The fourth-order valence-electron chi connectivity index (χ4n) is 2.52. The lowest BCUT2D eigenvalue weighted by Gasteiger charge is -2.13. The summed E-state index contributed by atoms with van der Waals surface area (Å²) in [7, 11) is 0. The van der Waals surface area contributed by atoms with Gasteiger partial charge in [0.1, 0.15) is 5.76 Å². The Balaban J connectivity index is 1.72. The normalized spacial score (nSPS) is 10.6. The molecular formula is C20H15Cl2IN2O2S. The van der Waals surface area contributed by atoms with Gasteiger partial charge in [-0.05, 0) is 102 Å². The minimum atomic E-state index is -0.457. The predicted octanol–water partition coefficient (Wildman–Crippen LogP) is 6.60. The number of hydrogen-bond donors (Lipinski definition) is 2. The molecule has 1 amide bonds. The third kappa shape index (κ3) is 4.86. The van der Waals surface area contributed by atoms with E-state index in [1.807, 2.05) is 19.9 Å². The summed E-state index contributed by atoms with van der Waals surface area (Å²) in [6.45, 7) is 3.99. The molecular weight excluding hydrogens is 530 g/mol. The Kier molecular flexibility index (Phi) is 6.65. The van der Waals surface area contributed by atoms with Crippen LogP contribution in [0.25, 0.3) is 11.3 Å². The van der Waals surface area contributed by atoms with Gasteiger partial charge >= 0.3 is 0 Å². The number of carbonyl (C=O) groups is 1. The number of halogens is 3. The van der Waals surface area contributed by atoms with Gasteiger partial charge in [0.2, 0.25) is 0 Å². The lowest BCUT2D eigenvalue weighted by Crippen LogP contribution is -2.34. The molecule has 3 rings (SSSR count). The Morgan fingerprint density at radius 3 is 2.57 bits per heavy atom. The van der Waals surface area contributed by atoms with Crippen molar-refractivity contribution in [2.45, 2.75) is 13.8 Å². The van der Waals surface area contributed by atoms with Crippen LogP contribution in [-0.4, -0.2) is 11.0 Å². The maximum absolute atomic E-state index is 12.5. The van der Waals surface area contributed by atoms with Gasteiger partial charge < -0.3 is 9.73 Å². The molecule has 0 aliphatic carbocycles. The fourth-order valence-corrected chi connectivity index (χ4v) is 3.73. The van der Waals surface area contributed by atoms with Crippen molar-refractivity contribution in [3.05, 3.63) is 73.0 Å². The molecule has 2 N–H and O–H groups in total. The first-order valence-electron chi connectivity index (χ1n) is 8.19. The maximum Gasteiger partial charge on any atom is 0.293 e. The minimum absolute atomic E-state index is 0.116. The van der Waals surface area contributed by atoms with Crippen molar-refractivity contribution in [3.8, 4) is 11.3 Å². The number of hydrogen-bond acceptors (Lipinski definition) is 3. The van der Waals surface area contributed by atoms with E-state index in [1.54, 1.807) is 30.3 Å². The smallest absolute Gasteiger partial charge is 0.293 e. The first kappa shape index (κ1) is 21.1. The Morgan fingerprint density at radius 2 is 1.82 bits per heavy atom. The molecule has 0 fully saturated rings. The summed E-state index contributed by atoms with van der Waals surface area (Å²) >= 11 is 19.7. The predicted molar refractivity (Wildman–Crippen MR) is 126 cm³/mol. The van der Waals surface area contributed by atoms with Crippen LogP contribution in [0.3, 0.4) is 0 Å². The van der Waals surface area contributed by atoms with Crippen LogP contribution in [0, 0.1) is 17.4 Å². The molecule has 3 aromatic rings. The number of rotatable bonds is 3. The number of furan rings is 1. The molecule has 0 atom stereocenters. The molecule has 2 aromatic carbocycles. The van der Waals surface area contributed by atoms with Gasteiger partial charge in [0, 0.05) is 19.8 Å². The Bertz CT molecular complexity index is 1080. The van der Waals surface area contributed by atoms with E-state index in [9.17, 15) is 4.79 Å². The summed E-state index contributed by atoms with van der Waals surface area (Å²) in [4.78, 5) is 12.5. The van der Waals surface area contributed by atoms with Crippen LogP contribution in [0.15, 0.2) is 46.9 Å². The van der Waals surface area contributed by atoms with Crippen LogP contribution in [0.5, 0.6) is 0 Å². The first-order chi connectivity index (χ1) is 13.2. The number of aryl methyl sites for hydroxylation is 2. The van der Waals surface area contributed by atoms with E-state index >= 15 is 0 Å². The second-order valence-corrected chi connectivity index (χ2v) is 8.53. The zero-order chi connectivity index (χ0) is 20.4. The average Bonchev–Trinajstić information content (AvgIpc) is 3.11. The minimum Gasteiger partial charge on any atom is -0.451 e. The van der Waals surface area contributed by atoms with Crippen LogP contribution in [0.2, 0.25) is 10.0 Å². The van der Waals surface area contributed by atoms with Crippen molar-refractivity contribution >= 4 is 74.7 Å². The summed E-state index contributed by atoms with van der Waals surface area (Å²) in [5, 5.41) is 6.86. The molecule has 0 spiro atoms. The van der Waals surface area contributed by atoms with Gasteiger partial charge in [0.25, 0.3) is 5.91 Å². The third-order valence-corrected chi connectivity index (χ3v) is 5.94. The van der Waals surface area contributed by atoms with Crippen molar-refractivity contribution in [1.29, 1.82) is 0 Å². The standard InChI is InChI=1S/C20H15Cl2IN2O2S/c1-10-8-16(11(2)7-15(10)23)24-20(28)25-19(26)18-6-5-17(27-18)13-9-12(21)3-4-14(13)22/h3-9H,1-2H3,(H2,24,25,26,28). The second-order valence-electron chi connectivity index (χ2n) is 6.11. The van der Waals surface area contributed by atoms with E-state index in [2.05, 4.69) is 39.3 Å². The number of amides is 1. The highest BCUT2D eigenvalue weighted by Gasteiger charge is 2.16. The second kappa shape index (κ2) is 8.82. The van der Waals surface area contributed by atoms with E-state index in [0.29, 0.717) is 21.4 Å². The van der Waals surface area contributed by atoms with Crippen molar-refractivity contribution in [2.24, 2.45) is 0 Å². The summed E-state index contributed by atoms with van der Waals surface area (Å²) < 4.78 is 6.80. The van der Waals surface area contributed by atoms with Gasteiger partial charge in [-0.2, -0.15) is 0 Å². The molecule has 0 radical (unpaired) electrons. The van der Waals surface area contributed by atoms with E-state index in [-0.39, 0.29) is 10.9 Å². The van der Waals surface area contributed by atoms with Crippen LogP contribution in [0.4, 0.5) is 5.69 Å². The van der Waals surface area contributed by atoms with Gasteiger partial charge in [0.05, 0.1) is 5.02 Å². The number of benzene rings is 2. The molecule has 0 saturated heterocycles. The zero-order valence-corrected chi connectivity index (χ0v) is 19.4. The van der Waals surface area contributed by atoms with Crippen molar-refractivity contribution in [1.82, 2.24) is 5.32 Å². The third-order valence-electron chi connectivity index (χ3n) is 4.00. The highest BCUT2D eigenvalue weighted by atomic mass is 127. The molecule has 1 heterocycles. The molecule has 0 saturated carbocycles. The van der Waals surface area contributed by atoms with Crippen LogP contribution in [-0.2, 0) is 0 Å². The van der Waals surface area contributed by atoms with Gasteiger partial charge in [-0.1, -0.05) is 23.2 Å². The first-order valence-corrected chi connectivity index (χ1v) is 10.4. The van der Waals surface area contributed by atoms with Gasteiger partial charge in [-0.15, -0.1) is 0 Å². The summed E-state index contributed by atoms with van der Waals surface area (Å²) in [6, 6.07) is 12.3. The van der Waals surface area contributed by atoms with Gasteiger partial charge in [-0.3, -0.25) is 10.1 Å². The Hall–Kier alpha value is -1.61. The Labute approximate surface area is 191 Å². The fraction of sp³-hybridized carbons (Fsp3) is 0.100. The maximum atomic E-state index is 12.5. The highest BCUT2D eigenvalue weighted by molar-refractivity contribution is 14.1. The molecule has 28 heavy (non-hydrogen) atoms. The zero-order valence-electron chi connectivity index (χ0n) is 14.9. The van der Waals surface area contributed by atoms with E-state index in [0.717, 1.165) is 16.8 Å². The van der Waals surface area contributed by atoms with E-state index in [1.165, 1.54) is 3.57 Å². The summed E-state index contributed by atoms with van der Waals surface area (Å²) in [6.07, 6.45) is 0. The largest absolute Gasteiger partial charge is 0.451 e. The van der Waals surface area contributed by atoms with Crippen molar-refractivity contribution in [2.75, 3.05) is 5.32 Å². The van der Waals surface area contributed by atoms with Gasteiger partial charge in [-0.25, -0.2) is 0 Å². The number of carbonyl (C=O) groups excluding carboxylic acids is 1. The molecule has 4 nitrogen and oxygen atoms in total. The average molecular weight is 545 g/mol. The van der Waals surface area contributed by atoms with E-state index in [4.69, 9.17) is 39.8 Å². The monoisotopic (exact) mass is 544 g/mol. The highest BCUT2D eigenvalue weighted by Crippen LogP contribution is 2.31. The summed E-state index contributed by atoms with van der Waals surface area (Å²) in [5.41, 5.74) is 3.60. The Morgan fingerprint density at radius 1 is 1.07 bits per heavy atom. The van der Waals surface area contributed by atoms with Gasteiger partial charge in [0.15, 0.2) is 10.9 Å². The molecule has 144 valence electrons. The SMILES string of the molecule is Cc1cc(NC(=S)NC(=O)c2ccc(-c3cc(Cl)ccc3Cl)o2)c(C)cc1I. The number of thiocarbonyl (C=S) groups is 1. The topological polar surface area (TPSA) is 54.3 Å². The molecule has 8 heteroatoms.